The first kappa shape index (κ1) is 11.8. The van der Waals surface area contributed by atoms with Gasteiger partial charge in [0.2, 0.25) is 0 Å². The van der Waals surface area contributed by atoms with Gasteiger partial charge in [0.15, 0.2) is 0 Å². The first-order valence-corrected chi connectivity index (χ1v) is 7.12. The van der Waals surface area contributed by atoms with Crippen LogP contribution in [0.2, 0.25) is 0 Å². The Morgan fingerprint density at radius 3 is 1.86 bits per heavy atom. The zero-order valence-electron chi connectivity index (χ0n) is 10.4. The van der Waals surface area contributed by atoms with Gasteiger partial charge in [0, 0.05) is 10.2 Å². The van der Waals surface area contributed by atoms with E-state index in [9.17, 15) is 0 Å². The molecule has 0 aliphatic heterocycles. The number of allylic oxidation sites excluding steroid dienone is 4. The lowest BCUT2D eigenvalue weighted by Gasteiger charge is -2.14. The smallest absolute Gasteiger partial charge is 0.0344 e. The summed E-state index contributed by atoms with van der Waals surface area (Å²) in [6.07, 6.45) is 5.07. The van der Waals surface area contributed by atoms with E-state index in [0.717, 1.165) is 5.92 Å². The van der Waals surface area contributed by atoms with Gasteiger partial charge in [-0.15, -0.1) is 0 Å². The molecule has 0 nitrogen and oxygen atoms in total. The van der Waals surface area contributed by atoms with Crippen molar-refractivity contribution in [1.82, 2.24) is 0 Å². The molecule has 1 aliphatic carbocycles. The fraction of sp³-hybridized carbons (Fsp3) is 0.692. The molecule has 1 aliphatic rings. The lowest BCUT2D eigenvalue weighted by Crippen LogP contribution is -2.02. The molecule has 0 radical (unpaired) electrons. The van der Waals surface area contributed by atoms with E-state index in [1.807, 2.05) is 0 Å². The predicted molar refractivity (Wildman–Crippen MR) is 68.6 cm³/mol. The van der Waals surface area contributed by atoms with E-state index >= 15 is 0 Å². The number of rotatable bonds is 4. The molecule has 1 atom stereocenters. The van der Waals surface area contributed by atoms with Crippen LogP contribution in [0, 0.1) is 5.92 Å². The summed E-state index contributed by atoms with van der Waals surface area (Å²) in [6, 6.07) is 0. The first-order chi connectivity index (χ1) is 6.71. The van der Waals surface area contributed by atoms with Crippen molar-refractivity contribution in [1.29, 1.82) is 0 Å². The van der Waals surface area contributed by atoms with Crippen LogP contribution in [-0.4, -0.2) is 10.2 Å². The maximum atomic E-state index is 2.34. The molecular formula is C13H24Si. The molecule has 14 heavy (non-hydrogen) atoms. The fourth-order valence-electron chi connectivity index (χ4n) is 3.06. The molecule has 0 N–H and O–H groups in total. The quantitative estimate of drug-likeness (QED) is 0.623. The molecule has 1 heteroatoms. The predicted octanol–water partition coefficient (Wildman–Crippen LogP) is 3.17. The zero-order valence-corrected chi connectivity index (χ0v) is 12.4. The van der Waals surface area contributed by atoms with Gasteiger partial charge in [-0.25, -0.2) is 0 Å². The summed E-state index contributed by atoms with van der Waals surface area (Å²) in [4.78, 5) is 0. The normalized spacial score (nSPS) is 22.7. The van der Waals surface area contributed by atoms with Gasteiger partial charge in [-0.05, 0) is 37.2 Å². The van der Waals surface area contributed by atoms with Gasteiger partial charge < -0.3 is 0 Å². The van der Waals surface area contributed by atoms with E-state index in [1.54, 1.807) is 21.9 Å². The van der Waals surface area contributed by atoms with Crippen molar-refractivity contribution < 1.29 is 0 Å². The second kappa shape index (κ2) is 4.97. The molecule has 1 rings (SSSR count). The zero-order chi connectivity index (χ0) is 10.7. The summed E-state index contributed by atoms with van der Waals surface area (Å²) in [5.41, 5.74) is 5.20. The summed E-state index contributed by atoms with van der Waals surface area (Å²) < 4.78 is 0. The van der Waals surface area contributed by atoms with Crippen LogP contribution in [0.4, 0.5) is 0 Å². The minimum absolute atomic E-state index is 0.830. The van der Waals surface area contributed by atoms with Crippen LogP contribution in [0.15, 0.2) is 21.9 Å². The summed E-state index contributed by atoms with van der Waals surface area (Å²) in [6.45, 7) is 9.28. The van der Waals surface area contributed by atoms with Crippen LogP contribution >= 0.6 is 0 Å². The molecule has 0 aromatic rings. The molecule has 1 unspecified atom stereocenters. The topological polar surface area (TPSA) is 0 Å². The minimum atomic E-state index is 0.830. The highest BCUT2D eigenvalue weighted by atomic mass is 28.1. The average molecular weight is 208 g/mol. The molecule has 0 saturated carbocycles. The van der Waals surface area contributed by atoms with Gasteiger partial charge in [-0.2, -0.15) is 0 Å². The SMILES string of the molecule is CCC1=C([SiH3])C(CC)C(CC)=C1CC. The van der Waals surface area contributed by atoms with Gasteiger partial charge in [0.25, 0.3) is 0 Å². The largest absolute Gasteiger partial charge is 0.0814 e. The van der Waals surface area contributed by atoms with Crippen molar-refractivity contribution in [3.05, 3.63) is 21.9 Å². The van der Waals surface area contributed by atoms with E-state index in [1.165, 1.54) is 35.9 Å². The van der Waals surface area contributed by atoms with E-state index < -0.39 is 0 Å². The number of hydrogen-bond acceptors (Lipinski definition) is 0. The van der Waals surface area contributed by atoms with Crippen molar-refractivity contribution in [3.8, 4) is 0 Å². The van der Waals surface area contributed by atoms with Crippen LogP contribution in [0.3, 0.4) is 0 Å². The van der Waals surface area contributed by atoms with Gasteiger partial charge in [-0.1, -0.05) is 44.0 Å². The summed E-state index contributed by atoms with van der Waals surface area (Å²) in [5, 5.41) is 1.80. The van der Waals surface area contributed by atoms with Crippen LogP contribution in [0.1, 0.15) is 53.4 Å². The van der Waals surface area contributed by atoms with Crippen molar-refractivity contribution >= 4 is 10.2 Å². The van der Waals surface area contributed by atoms with Gasteiger partial charge in [0.1, 0.15) is 0 Å². The Balaban J connectivity index is 3.13. The third-order valence-electron chi connectivity index (χ3n) is 3.67. The molecule has 0 spiro atoms. The Morgan fingerprint density at radius 1 is 0.929 bits per heavy atom. The molecular weight excluding hydrogens is 184 g/mol. The maximum absolute atomic E-state index is 2.34. The highest BCUT2D eigenvalue weighted by Gasteiger charge is 2.26. The summed E-state index contributed by atoms with van der Waals surface area (Å²) in [5.74, 6) is 0.830. The molecule has 0 saturated heterocycles. The van der Waals surface area contributed by atoms with Crippen molar-refractivity contribution in [2.24, 2.45) is 5.92 Å². The summed E-state index contributed by atoms with van der Waals surface area (Å²) in [7, 11) is 1.26. The second-order valence-corrected chi connectivity index (χ2v) is 5.26. The Labute approximate surface area is 91.9 Å². The lowest BCUT2D eigenvalue weighted by atomic mass is 9.94. The van der Waals surface area contributed by atoms with Crippen molar-refractivity contribution in [2.75, 3.05) is 0 Å². The van der Waals surface area contributed by atoms with E-state index in [-0.39, 0.29) is 0 Å². The fourth-order valence-corrected chi connectivity index (χ4v) is 4.47. The molecule has 0 aromatic heterocycles. The highest BCUT2D eigenvalue weighted by Crippen LogP contribution is 2.41. The van der Waals surface area contributed by atoms with Crippen LogP contribution < -0.4 is 0 Å². The Hall–Kier alpha value is -0.303. The molecule has 0 aromatic carbocycles. The van der Waals surface area contributed by atoms with E-state index in [0.29, 0.717) is 0 Å². The third kappa shape index (κ3) is 1.74. The Kier molecular flexibility index (Phi) is 4.18. The second-order valence-electron chi connectivity index (χ2n) is 4.19. The highest BCUT2D eigenvalue weighted by molar-refractivity contribution is 6.23. The van der Waals surface area contributed by atoms with Gasteiger partial charge >= 0.3 is 0 Å². The minimum Gasteiger partial charge on any atom is -0.0814 e. The third-order valence-corrected chi connectivity index (χ3v) is 4.97. The molecule has 0 amide bonds. The van der Waals surface area contributed by atoms with Crippen molar-refractivity contribution in [2.45, 2.75) is 53.4 Å². The molecule has 0 heterocycles. The monoisotopic (exact) mass is 208 g/mol. The van der Waals surface area contributed by atoms with E-state index in [2.05, 4.69) is 27.7 Å². The van der Waals surface area contributed by atoms with Gasteiger partial charge in [0.05, 0.1) is 0 Å². The Morgan fingerprint density at radius 2 is 1.50 bits per heavy atom. The maximum Gasteiger partial charge on any atom is 0.0344 e. The average Bonchev–Trinajstić information content (AvgIpc) is 2.48. The van der Waals surface area contributed by atoms with Crippen molar-refractivity contribution in [3.63, 3.8) is 0 Å². The lowest BCUT2D eigenvalue weighted by molar-refractivity contribution is 0.693. The molecule has 0 fully saturated rings. The standard InChI is InChI=1S/C13H24Si/c1-5-9-10(6-2)12(8-4)13(14)11(9)7-3/h11H,5-8H2,1-4,14H3. The van der Waals surface area contributed by atoms with Crippen LogP contribution in [-0.2, 0) is 0 Å². The Bertz CT molecular complexity index is 271. The molecule has 0 bridgehead atoms. The number of hydrogen-bond donors (Lipinski definition) is 0. The van der Waals surface area contributed by atoms with E-state index in [4.69, 9.17) is 0 Å². The van der Waals surface area contributed by atoms with Gasteiger partial charge in [-0.3, -0.25) is 0 Å². The summed E-state index contributed by atoms with van der Waals surface area (Å²) >= 11 is 0. The van der Waals surface area contributed by atoms with Crippen LogP contribution in [0.25, 0.3) is 0 Å². The van der Waals surface area contributed by atoms with Crippen LogP contribution in [0.5, 0.6) is 0 Å². The first-order valence-electron chi connectivity index (χ1n) is 6.12. The molecule has 80 valence electrons.